The van der Waals surface area contributed by atoms with Crippen LogP contribution in [0.15, 0.2) is 35.6 Å². The average molecular weight is 300 g/mol. The average Bonchev–Trinajstić information content (AvgIpc) is 2.34. The van der Waals surface area contributed by atoms with Gasteiger partial charge in [-0.2, -0.15) is 0 Å². The zero-order valence-electron chi connectivity index (χ0n) is 13.8. The number of aliphatic hydroxyl groups is 1. The molecule has 1 aliphatic heterocycles. The van der Waals surface area contributed by atoms with Gasteiger partial charge in [-0.1, -0.05) is 43.7 Å². The summed E-state index contributed by atoms with van der Waals surface area (Å²) in [5.41, 5.74) is 2.91. The Kier molecular flexibility index (Phi) is 3.44. The van der Waals surface area contributed by atoms with Gasteiger partial charge in [-0.3, -0.25) is 4.79 Å². The van der Waals surface area contributed by atoms with Crippen molar-refractivity contribution in [3.63, 3.8) is 0 Å². The fourth-order valence-corrected chi connectivity index (χ4v) is 3.72. The second kappa shape index (κ2) is 4.95. The number of carbonyl (C=O) groups excluding carboxylic acids is 1. The predicted octanol–water partition coefficient (Wildman–Crippen LogP) is 3.85. The SMILES string of the molecule is Cc1cccc([C@H]2CC(C)(O)OC3=C2C(=O)CC(C)(C)C3)c1. The van der Waals surface area contributed by atoms with Gasteiger partial charge in [0.15, 0.2) is 5.78 Å². The predicted molar refractivity (Wildman–Crippen MR) is 85.3 cm³/mol. The summed E-state index contributed by atoms with van der Waals surface area (Å²) >= 11 is 0. The van der Waals surface area contributed by atoms with Crippen molar-refractivity contribution < 1.29 is 14.6 Å². The lowest BCUT2D eigenvalue weighted by molar-refractivity contribution is -0.184. The molecule has 0 amide bonds. The van der Waals surface area contributed by atoms with Gasteiger partial charge in [-0.05, 0) is 17.9 Å². The number of hydrogen-bond acceptors (Lipinski definition) is 3. The van der Waals surface area contributed by atoms with Gasteiger partial charge in [-0.15, -0.1) is 0 Å². The Bertz CT molecular complexity index is 648. The first-order valence-corrected chi connectivity index (χ1v) is 7.91. The highest BCUT2D eigenvalue weighted by atomic mass is 16.6. The number of carbonyl (C=O) groups is 1. The Hall–Kier alpha value is -1.61. The molecular formula is C19H24O3. The number of hydrogen-bond donors (Lipinski definition) is 1. The Balaban J connectivity index is 2.10. The molecule has 0 spiro atoms. The normalized spacial score (nSPS) is 30.8. The number of ether oxygens (including phenoxy) is 1. The Morgan fingerprint density at radius 1 is 1.23 bits per heavy atom. The van der Waals surface area contributed by atoms with Gasteiger partial charge in [0.05, 0.1) is 0 Å². The number of ketones is 1. The molecule has 1 unspecified atom stereocenters. The lowest BCUT2D eigenvalue weighted by Crippen LogP contribution is -2.41. The smallest absolute Gasteiger partial charge is 0.205 e. The minimum Gasteiger partial charge on any atom is -0.467 e. The zero-order chi connectivity index (χ0) is 16.1. The van der Waals surface area contributed by atoms with Gasteiger partial charge >= 0.3 is 0 Å². The van der Waals surface area contributed by atoms with Crippen LogP contribution in [0.3, 0.4) is 0 Å². The second-order valence-electron chi connectivity index (χ2n) is 7.73. The molecular weight excluding hydrogens is 276 g/mol. The van der Waals surface area contributed by atoms with E-state index in [1.54, 1.807) is 6.92 Å². The summed E-state index contributed by atoms with van der Waals surface area (Å²) in [6, 6.07) is 8.19. The first-order chi connectivity index (χ1) is 10.2. The van der Waals surface area contributed by atoms with E-state index >= 15 is 0 Å². The van der Waals surface area contributed by atoms with Gasteiger partial charge in [0.25, 0.3) is 0 Å². The number of benzene rings is 1. The van der Waals surface area contributed by atoms with E-state index in [1.165, 1.54) is 0 Å². The maximum absolute atomic E-state index is 12.7. The van der Waals surface area contributed by atoms with E-state index in [9.17, 15) is 9.90 Å². The fourth-order valence-electron chi connectivity index (χ4n) is 3.72. The van der Waals surface area contributed by atoms with Crippen molar-refractivity contribution >= 4 is 5.78 Å². The van der Waals surface area contributed by atoms with Crippen molar-refractivity contribution in [3.05, 3.63) is 46.7 Å². The Morgan fingerprint density at radius 3 is 2.64 bits per heavy atom. The molecule has 1 N–H and O–H groups in total. The molecule has 3 rings (SSSR count). The fraction of sp³-hybridized carbons (Fsp3) is 0.526. The van der Waals surface area contributed by atoms with E-state index in [2.05, 4.69) is 19.9 Å². The third kappa shape index (κ3) is 2.82. The van der Waals surface area contributed by atoms with Crippen LogP contribution in [0.5, 0.6) is 0 Å². The molecule has 2 aliphatic rings. The summed E-state index contributed by atoms with van der Waals surface area (Å²) in [7, 11) is 0. The Labute approximate surface area is 132 Å². The maximum atomic E-state index is 12.7. The molecule has 0 bridgehead atoms. The maximum Gasteiger partial charge on any atom is 0.205 e. The van der Waals surface area contributed by atoms with Crippen molar-refractivity contribution in [3.8, 4) is 0 Å². The van der Waals surface area contributed by atoms with Crippen molar-refractivity contribution in [2.45, 2.75) is 58.7 Å². The molecule has 0 radical (unpaired) electrons. The molecule has 3 heteroatoms. The standard InChI is InChI=1S/C19H24O3/c1-12-6-5-7-13(8-12)14-9-19(4,21)22-16-11-18(2,3)10-15(20)17(14)16/h5-8,14,21H,9-11H2,1-4H3/t14-,19?/m1/s1. The van der Waals surface area contributed by atoms with Crippen molar-refractivity contribution in [1.82, 2.24) is 0 Å². The lowest BCUT2D eigenvalue weighted by Gasteiger charge is -2.43. The van der Waals surface area contributed by atoms with Gasteiger partial charge in [0, 0.05) is 37.7 Å². The topological polar surface area (TPSA) is 46.5 Å². The molecule has 1 heterocycles. The monoisotopic (exact) mass is 300 g/mol. The van der Waals surface area contributed by atoms with Crippen LogP contribution in [-0.2, 0) is 9.53 Å². The lowest BCUT2D eigenvalue weighted by atomic mass is 9.70. The summed E-state index contributed by atoms with van der Waals surface area (Å²) in [6.07, 6.45) is 1.66. The van der Waals surface area contributed by atoms with Crippen LogP contribution in [0.2, 0.25) is 0 Å². The van der Waals surface area contributed by atoms with Crippen LogP contribution >= 0.6 is 0 Å². The second-order valence-corrected chi connectivity index (χ2v) is 7.73. The van der Waals surface area contributed by atoms with Crippen LogP contribution in [0.25, 0.3) is 0 Å². The zero-order valence-corrected chi connectivity index (χ0v) is 13.8. The molecule has 118 valence electrons. The summed E-state index contributed by atoms with van der Waals surface area (Å²) < 4.78 is 5.78. The van der Waals surface area contributed by atoms with Crippen LogP contribution < -0.4 is 0 Å². The van der Waals surface area contributed by atoms with Gasteiger partial charge in [-0.25, -0.2) is 0 Å². The summed E-state index contributed by atoms with van der Waals surface area (Å²) in [5.74, 6) is -0.458. The van der Waals surface area contributed by atoms with Crippen molar-refractivity contribution in [2.75, 3.05) is 0 Å². The van der Waals surface area contributed by atoms with Gasteiger partial charge in [0.2, 0.25) is 5.79 Å². The molecule has 0 saturated carbocycles. The number of allylic oxidation sites excluding steroid dienone is 2. The number of Topliss-reactive ketones (excluding diaryl/α,β-unsaturated/α-hetero) is 1. The van der Waals surface area contributed by atoms with E-state index in [0.29, 0.717) is 25.0 Å². The van der Waals surface area contributed by atoms with E-state index in [4.69, 9.17) is 4.74 Å². The van der Waals surface area contributed by atoms with Gasteiger partial charge in [0.1, 0.15) is 5.76 Å². The first-order valence-electron chi connectivity index (χ1n) is 7.91. The number of rotatable bonds is 1. The molecule has 22 heavy (non-hydrogen) atoms. The van der Waals surface area contributed by atoms with E-state index in [1.807, 2.05) is 25.1 Å². The summed E-state index contributed by atoms with van der Waals surface area (Å²) in [6.45, 7) is 7.87. The summed E-state index contributed by atoms with van der Waals surface area (Å²) in [5, 5.41) is 10.5. The molecule has 1 aromatic rings. The van der Waals surface area contributed by atoms with E-state index < -0.39 is 5.79 Å². The van der Waals surface area contributed by atoms with Crippen LogP contribution in [-0.4, -0.2) is 16.7 Å². The van der Waals surface area contributed by atoms with Crippen LogP contribution in [0.4, 0.5) is 0 Å². The molecule has 0 fully saturated rings. The first kappa shape index (κ1) is 15.3. The molecule has 1 aliphatic carbocycles. The highest BCUT2D eigenvalue weighted by molar-refractivity contribution is 5.98. The molecule has 0 saturated heterocycles. The van der Waals surface area contributed by atoms with E-state index in [-0.39, 0.29) is 17.1 Å². The summed E-state index contributed by atoms with van der Waals surface area (Å²) in [4.78, 5) is 12.7. The quantitative estimate of drug-likeness (QED) is 0.857. The molecule has 0 aromatic heterocycles. The van der Waals surface area contributed by atoms with Crippen molar-refractivity contribution in [2.24, 2.45) is 5.41 Å². The minimum absolute atomic E-state index is 0.0813. The van der Waals surface area contributed by atoms with Crippen LogP contribution in [0.1, 0.15) is 57.1 Å². The largest absolute Gasteiger partial charge is 0.467 e. The third-order valence-corrected chi connectivity index (χ3v) is 4.60. The number of aryl methyl sites for hydroxylation is 1. The highest BCUT2D eigenvalue weighted by Crippen LogP contribution is 2.49. The molecule has 2 atom stereocenters. The van der Waals surface area contributed by atoms with Crippen LogP contribution in [0, 0.1) is 12.3 Å². The minimum atomic E-state index is -1.22. The van der Waals surface area contributed by atoms with Crippen molar-refractivity contribution in [1.29, 1.82) is 0 Å². The third-order valence-electron chi connectivity index (χ3n) is 4.60. The van der Waals surface area contributed by atoms with E-state index in [0.717, 1.165) is 16.7 Å². The molecule has 1 aromatic carbocycles. The van der Waals surface area contributed by atoms with Gasteiger partial charge < -0.3 is 9.84 Å². The molecule has 3 nitrogen and oxygen atoms in total. The highest BCUT2D eigenvalue weighted by Gasteiger charge is 2.45. The Morgan fingerprint density at radius 2 is 1.95 bits per heavy atom.